The van der Waals surface area contributed by atoms with Crippen LogP contribution in [0, 0.1) is 5.92 Å². The summed E-state index contributed by atoms with van der Waals surface area (Å²) in [4.78, 5) is 23.4. The van der Waals surface area contributed by atoms with Crippen LogP contribution < -0.4 is 11.1 Å². The first kappa shape index (κ1) is 13.8. The molecule has 0 aromatic rings. The molecule has 2 atom stereocenters. The fraction of sp³-hybridized carbons (Fsp3) is 0.846. The largest absolute Gasteiger partial charge is 0.350 e. The number of carbonyl (C=O) groups excluding carboxylic acids is 2. The molecule has 2 rings (SSSR count). The van der Waals surface area contributed by atoms with Crippen molar-refractivity contribution in [3.05, 3.63) is 0 Å². The number of hydrogen-bond donors (Lipinski definition) is 2. The van der Waals surface area contributed by atoms with E-state index < -0.39 is 6.04 Å². The monoisotopic (exact) mass is 272 g/mol. The first-order chi connectivity index (χ1) is 8.56. The number of nitrogens with one attached hydrogen (secondary N) is 1. The SMILES string of the molecule is NC(CC1CC2(CCCCC2)NC1=O)C(=O)CCl. The number of halogens is 1. The van der Waals surface area contributed by atoms with Gasteiger partial charge in [0, 0.05) is 11.5 Å². The summed E-state index contributed by atoms with van der Waals surface area (Å²) in [5, 5.41) is 3.14. The molecule has 1 aliphatic heterocycles. The molecule has 0 bridgehead atoms. The summed E-state index contributed by atoms with van der Waals surface area (Å²) in [6.07, 6.45) is 7.00. The zero-order valence-electron chi connectivity index (χ0n) is 10.6. The van der Waals surface area contributed by atoms with E-state index in [1.807, 2.05) is 0 Å². The normalized spacial score (nSPS) is 28.1. The topological polar surface area (TPSA) is 72.2 Å². The van der Waals surface area contributed by atoms with E-state index in [1.54, 1.807) is 0 Å². The van der Waals surface area contributed by atoms with Gasteiger partial charge in [0.05, 0.1) is 11.9 Å². The molecular weight excluding hydrogens is 252 g/mol. The van der Waals surface area contributed by atoms with E-state index in [0.29, 0.717) is 6.42 Å². The van der Waals surface area contributed by atoms with Crippen LogP contribution in [0.15, 0.2) is 0 Å². The minimum atomic E-state index is -0.600. The summed E-state index contributed by atoms with van der Waals surface area (Å²) in [6, 6.07) is -0.600. The lowest BCUT2D eigenvalue weighted by atomic mass is 9.78. The highest BCUT2D eigenvalue weighted by atomic mass is 35.5. The van der Waals surface area contributed by atoms with Gasteiger partial charge < -0.3 is 11.1 Å². The minimum absolute atomic E-state index is 0.0102. The van der Waals surface area contributed by atoms with Crippen molar-refractivity contribution in [3.63, 3.8) is 0 Å². The van der Waals surface area contributed by atoms with Crippen LogP contribution in [0.2, 0.25) is 0 Å². The predicted octanol–water partition coefficient (Wildman–Crippen LogP) is 1.35. The summed E-state index contributed by atoms with van der Waals surface area (Å²) in [6.45, 7) is 0. The Hall–Kier alpha value is -0.610. The molecule has 2 aliphatic rings. The van der Waals surface area contributed by atoms with Crippen molar-refractivity contribution in [1.82, 2.24) is 5.32 Å². The molecule has 1 heterocycles. The molecule has 2 unspecified atom stereocenters. The van der Waals surface area contributed by atoms with Crippen molar-refractivity contribution < 1.29 is 9.59 Å². The molecule has 0 aromatic heterocycles. The third kappa shape index (κ3) is 2.86. The Labute approximate surface area is 113 Å². The van der Waals surface area contributed by atoms with Crippen LogP contribution in [0.4, 0.5) is 0 Å². The van der Waals surface area contributed by atoms with E-state index in [4.69, 9.17) is 17.3 Å². The van der Waals surface area contributed by atoms with Crippen molar-refractivity contribution in [3.8, 4) is 0 Å². The third-order valence-corrected chi connectivity index (χ3v) is 4.55. The molecule has 18 heavy (non-hydrogen) atoms. The second-order valence-electron chi connectivity index (χ2n) is 5.67. The van der Waals surface area contributed by atoms with Crippen molar-refractivity contribution >= 4 is 23.3 Å². The highest BCUT2D eigenvalue weighted by Gasteiger charge is 2.44. The Morgan fingerprint density at radius 1 is 1.44 bits per heavy atom. The Bertz CT molecular complexity index is 340. The van der Waals surface area contributed by atoms with Crippen LogP contribution >= 0.6 is 11.6 Å². The average Bonchev–Trinajstić information content (AvgIpc) is 2.65. The van der Waals surface area contributed by atoms with Gasteiger partial charge in [-0.1, -0.05) is 19.3 Å². The van der Waals surface area contributed by atoms with Gasteiger partial charge in [-0.2, -0.15) is 0 Å². The lowest BCUT2D eigenvalue weighted by Crippen LogP contribution is -2.42. The minimum Gasteiger partial charge on any atom is -0.350 e. The Morgan fingerprint density at radius 3 is 2.72 bits per heavy atom. The predicted molar refractivity (Wildman–Crippen MR) is 70.4 cm³/mol. The molecule has 2 fully saturated rings. The van der Waals surface area contributed by atoms with Crippen molar-refractivity contribution in [2.75, 3.05) is 5.88 Å². The summed E-state index contributed by atoms with van der Waals surface area (Å²) in [5.41, 5.74) is 5.76. The first-order valence-corrected chi connectivity index (χ1v) is 7.26. The molecule has 4 nitrogen and oxygen atoms in total. The highest BCUT2D eigenvalue weighted by Crippen LogP contribution is 2.39. The molecule has 3 N–H and O–H groups in total. The quantitative estimate of drug-likeness (QED) is 0.759. The van der Waals surface area contributed by atoms with Crippen LogP contribution in [0.25, 0.3) is 0 Å². The molecule has 0 aromatic carbocycles. The molecule has 5 heteroatoms. The van der Waals surface area contributed by atoms with Gasteiger partial charge in [0.1, 0.15) is 0 Å². The van der Waals surface area contributed by atoms with E-state index >= 15 is 0 Å². The van der Waals surface area contributed by atoms with Crippen LogP contribution in [-0.2, 0) is 9.59 Å². The number of hydrogen-bond acceptors (Lipinski definition) is 3. The van der Waals surface area contributed by atoms with Gasteiger partial charge in [0.2, 0.25) is 5.91 Å². The fourth-order valence-electron chi connectivity index (χ4n) is 3.26. The number of ketones is 1. The summed E-state index contributed by atoms with van der Waals surface area (Å²) < 4.78 is 0. The van der Waals surface area contributed by atoms with Crippen LogP contribution in [-0.4, -0.2) is 29.2 Å². The molecule has 1 aliphatic carbocycles. The van der Waals surface area contributed by atoms with E-state index in [9.17, 15) is 9.59 Å². The number of carbonyl (C=O) groups is 2. The average molecular weight is 273 g/mol. The maximum absolute atomic E-state index is 12.0. The number of Topliss-reactive ketones (excluding diaryl/α,β-unsaturated/α-hetero) is 1. The summed E-state index contributed by atoms with van der Waals surface area (Å²) >= 11 is 5.48. The number of amides is 1. The van der Waals surface area contributed by atoms with Gasteiger partial charge in [-0.25, -0.2) is 0 Å². The Kier molecular flexibility index (Phi) is 4.28. The van der Waals surface area contributed by atoms with Crippen molar-refractivity contribution in [2.24, 2.45) is 11.7 Å². The molecular formula is C13H21ClN2O2. The van der Waals surface area contributed by atoms with E-state index in [1.165, 1.54) is 19.3 Å². The van der Waals surface area contributed by atoms with Gasteiger partial charge in [-0.3, -0.25) is 9.59 Å². The summed E-state index contributed by atoms with van der Waals surface area (Å²) in [7, 11) is 0. The fourth-order valence-corrected chi connectivity index (χ4v) is 3.46. The number of nitrogens with two attached hydrogens (primary N) is 1. The van der Waals surface area contributed by atoms with Gasteiger partial charge in [0.15, 0.2) is 5.78 Å². The lowest BCUT2D eigenvalue weighted by Gasteiger charge is -2.33. The Balaban J connectivity index is 1.94. The van der Waals surface area contributed by atoms with Gasteiger partial charge in [0.25, 0.3) is 0 Å². The standard InChI is InChI=1S/C13H21ClN2O2/c14-8-11(17)10(15)6-9-7-13(16-12(9)18)4-2-1-3-5-13/h9-10H,1-8,15H2,(H,16,18). The summed E-state index contributed by atoms with van der Waals surface area (Å²) in [5.74, 6) is -0.297. The molecule has 1 spiro atoms. The third-order valence-electron chi connectivity index (χ3n) is 4.29. The van der Waals surface area contributed by atoms with Gasteiger partial charge in [-0.05, 0) is 25.7 Å². The zero-order valence-corrected chi connectivity index (χ0v) is 11.3. The zero-order chi connectivity index (χ0) is 13.2. The first-order valence-electron chi connectivity index (χ1n) is 6.73. The van der Waals surface area contributed by atoms with Crippen LogP contribution in [0.1, 0.15) is 44.9 Å². The van der Waals surface area contributed by atoms with E-state index in [2.05, 4.69) is 5.32 Å². The van der Waals surface area contributed by atoms with E-state index in [0.717, 1.165) is 19.3 Å². The lowest BCUT2D eigenvalue weighted by molar-refractivity contribution is -0.123. The Morgan fingerprint density at radius 2 is 2.11 bits per heavy atom. The smallest absolute Gasteiger partial charge is 0.223 e. The maximum Gasteiger partial charge on any atom is 0.223 e. The maximum atomic E-state index is 12.0. The number of rotatable bonds is 4. The molecule has 1 saturated carbocycles. The van der Waals surface area contributed by atoms with Gasteiger partial charge >= 0.3 is 0 Å². The molecule has 0 radical (unpaired) electrons. The van der Waals surface area contributed by atoms with Gasteiger partial charge in [-0.15, -0.1) is 11.6 Å². The van der Waals surface area contributed by atoms with E-state index in [-0.39, 0.29) is 29.0 Å². The highest BCUT2D eigenvalue weighted by molar-refractivity contribution is 6.28. The second kappa shape index (κ2) is 5.57. The molecule has 1 saturated heterocycles. The second-order valence-corrected chi connectivity index (χ2v) is 5.94. The van der Waals surface area contributed by atoms with Crippen molar-refractivity contribution in [2.45, 2.75) is 56.5 Å². The molecule has 102 valence electrons. The molecule has 1 amide bonds. The van der Waals surface area contributed by atoms with Crippen LogP contribution in [0.5, 0.6) is 0 Å². The van der Waals surface area contributed by atoms with Crippen LogP contribution in [0.3, 0.4) is 0 Å². The van der Waals surface area contributed by atoms with Crippen molar-refractivity contribution in [1.29, 1.82) is 0 Å². The number of alkyl halides is 1.